The molecule has 0 saturated carbocycles. The average molecular weight is 337 g/mol. The Morgan fingerprint density at radius 2 is 1.96 bits per heavy atom. The molecule has 0 aliphatic rings. The summed E-state index contributed by atoms with van der Waals surface area (Å²) in [6, 6.07) is 3.87. The van der Waals surface area contributed by atoms with Crippen molar-refractivity contribution in [3.05, 3.63) is 59.7 Å². The van der Waals surface area contributed by atoms with Gasteiger partial charge in [-0.05, 0) is 57.9 Å². The number of nitrogens with zero attached hydrogens (tertiary/aromatic N) is 4. The van der Waals surface area contributed by atoms with E-state index in [1.165, 1.54) is 0 Å². The van der Waals surface area contributed by atoms with Gasteiger partial charge in [0.05, 0.1) is 5.71 Å². The molecule has 5 heteroatoms. The van der Waals surface area contributed by atoms with Crippen molar-refractivity contribution in [1.29, 1.82) is 0 Å². The Kier molecular flexibility index (Phi) is 8.79. The molecule has 0 atom stereocenters. The first-order chi connectivity index (χ1) is 12.0. The lowest BCUT2D eigenvalue weighted by molar-refractivity contribution is 1.20. The Bertz CT molecular complexity index is 749. The molecular weight excluding hydrogens is 310 g/mol. The number of nitrogens with one attached hydrogen (secondary N) is 1. The summed E-state index contributed by atoms with van der Waals surface area (Å²) in [5.74, 6) is 0.693. The first kappa shape index (κ1) is 20.2. The number of anilines is 1. The van der Waals surface area contributed by atoms with E-state index in [4.69, 9.17) is 0 Å². The van der Waals surface area contributed by atoms with Gasteiger partial charge in [-0.2, -0.15) is 0 Å². The highest BCUT2D eigenvalue weighted by Gasteiger charge is 2.04. The van der Waals surface area contributed by atoms with Crippen LogP contribution in [0, 0.1) is 6.92 Å². The molecule has 1 aromatic rings. The molecule has 0 saturated heterocycles. The quantitative estimate of drug-likeness (QED) is 0.463. The Labute approximate surface area is 150 Å². The summed E-state index contributed by atoms with van der Waals surface area (Å²) in [5.41, 5.74) is 4.74. The zero-order chi connectivity index (χ0) is 18.7. The van der Waals surface area contributed by atoms with Gasteiger partial charge in [-0.3, -0.25) is 15.0 Å². The van der Waals surface area contributed by atoms with Crippen LogP contribution < -0.4 is 5.32 Å². The summed E-state index contributed by atoms with van der Waals surface area (Å²) < 4.78 is 0. The molecule has 0 aliphatic carbocycles. The van der Waals surface area contributed by atoms with E-state index in [2.05, 4.69) is 25.3 Å². The number of hydrogen-bond donors (Lipinski definition) is 1. The van der Waals surface area contributed by atoms with Crippen molar-refractivity contribution in [3.8, 4) is 0 Å². The van der Waals surface area contributed by atoms with Gasteiger partial charge in [-0.15, -0.1) is 0 Å². The van der Waals surface area contributed by atoms with Crippen LogP contribution in [0.25, 0.3) is 0 Å². The highest BCUT2D eigenvalue weighted by atomic mass is 15.0. The minimum atomic E-state index is 0.693. The van der Waals surface area contributed by atoms with E-state index in [9.17, 15) is 0 Å². The monoisotopic (exact) mass is 337 g/mol. The Balaban J connectivity index is 3.10. The molecule has 0 aliphatic heterocycles. The SMILES string of the molecule is C/C=C\N=C(Nc1ccnc(C)c1)C(C)=N/C=C(C)/C(C=NC)=C/C. The van der Waals surface area contributed by atoms with Crippen molar-refractivity contribution >= 4 is 23.4 Å². The minimum Gasteiger partial charge on any atom is -0.339 e. The van der Waals surface area contributed by atoms with Crippen LogP contribution in [-0.2, 0) is 0 Å². The maximum Gasteiger partial charge on any atom is 0.151 e. The van der Waals surface area contributed by atoms with Crippen LogP contribution in [0.2, 0.25) is 0 Å². The number of pyridine rings is 1. The smallest absolute Gasteiger partial charge is 0.151 e. The normalized spacial score (nSPS) is 14.6. The Morgan fingerprint density at radius 3 is 2.56 bits per heavy atom. The molecule has 132 valence electrons. The van der Waals surface area contributed by atoms with E-state index in [1.54, 1.807) is 19.4 Å². The van der Waals surface area contributed by atoms with Crippen molar-refractivity contribution < 1.29 is 0 Å². The number of hydrogen-bond acceptors (Lipinski definition) is 4. The van der Waals surface area contributed by atoms with E-state index in [-0.39, 0.29) is 0 Å². The maximum absolute atomic E-state index is 4.56. The van der Waals surface area contributed by atoms with E-state index in [1.807, 2.05) is 71.3 Å². The van der Waals surface area contributed by atoms with E-state index in [0.717, 1.165) is 28.2 Å². The lowest BCUT2D eigenvalue weighted by Gasteiger charge is -2.09. The second-order valence-electron chi connectivity index (χ2n) is 5.43. The summed E-state index contributed by atoms with van der Waals surface area (Å²) in [7, 11) is 1.76. The number of aromatic nitrogens is 1. The fourth-order valence-corrected chi connectivity index (χ4v) is 2.00. The number of amidine groups is 1. The predicted octanol–water partition coefficient (Wildman–Crippen LogP) is 4.75. The van der Waals surface area contributed by atoms with Crippen LogP contribution >= 0.6 is 0 Å². The van der Waals surface area contributed by atoms with Gasteiger partial charge in [0.1, 0.15) is 0 Å². The van der Waals surface area contributed by atoms with Crippen molar-refractivity contribution in [2.75, 3.05) is 12.4 Å². The third-order valence-electron chi connectivity index (χ3n) is 3.34. The summed E-state index contributed by atoms with van der Waals surface area (Å²) in [5, 5.41) is 3.30. The second-order valence-corrected chi connectivity index (χ2v) is 5.43. The molecule has 0 amide bonds. The van der Waals surface area contributed by atoms with Gasteiger partial charge in [0.2, 0.25) is 0 Å². The predicted molar refractivity (Wildman–Crippen MR) is 110 cm³/mol. The standard InChI is InChI=1S/C20H27N5/c1-7-10-23-20(25-19-9-11-22-16(4)12-19)17(5)24-13-15(3)18(8-2)14-21-6/h7-14H,1-6H3,(H,22,23,25)/b10-7-,15-13+,18-8+,21-14?,24-17?. The Morgan fingerprint density at radius 1 is 1.20 bits per heavy atom. The zero-order valence-electron chi connectivity index (χ0n) is 15.9. The third-order valence-corrected chi connectivity index (χ3v) is 3.34. The van der Waals surface area contributed by atoms with Crippen LogP contribution in [0.4, 0.5) is 5.69 Å². The van der Waals surface area contributed by atoms with Gasteiger partial charge < -0.3 is 5.32 Å². The first-order valence-electron chi connectivity index (χ1n) is 8.20. The minimum absolute atomic E-state index is 0.693. The molecule has 0 fully saturated rings. The summed E-state index contributed by atoms with van der Waals surface area (Å²) in [6.45, 7) is 9.80. The van der Waals surface area contributed by atoms with Gasteiger partial charge in [0, 0.05) is 43.2 Å². The fourth-order valence-electron chi connectivity index (χ4n) is 2.00. The molecule has 25 heavy (non-hydrogen) atoms. The highest BCUT2D eigenvalue weighted by Crippen LogP contribution is 2.09. The van der Waals surface area contributed by atoms with Gasteiger partial charge in [-0.25, -0.2) is 4.99 Å². The molecular formula is C20H27N5. The molecule has 5 nitrogen and oxygen atoms in total. The van der Waals surface area contributed by atoms with E-state index in [0.29, 0.717) is 5.84 Å². The fraction of sp³-hybridized carbons (Fsp3) is 0.300. The zero-order valence-corrected chi connectivity index (χ0v) is 15.9. The van der Waals surface area contributed by atoms with Gasteiger partial charge in [0.15, 0.2) is 5.84 Å². The molecule has 1 aromatic heterocycles. The summed E-state index contributed by atoms with van der Waals surface area (Å²) >= 11 is 0. The third kappa shape index (κ3) is 7.08. The highest BCUT2D eigenvalue weighted by molar-refractivity contribution is 6.45. The lowest BCUT2D eigenvalue weighted by Crippen LogP contribution is -2.20. The lowest BCUT2D eigenvalue weighted by atomic mass is 10.1. The van der Waals surface area contributed by atoms with Crippen molar-refractivity contribution in [2.24, 2.45) is 15.0 Å². The molecule has 1 rings (SSSR count). The Hall–Kier alpha value is -2.82. The molecule has 0 aromatic carbocycles. The van der Waals surface area contributed by atoms with Crippen LogP contribution in [-0.4, -0.2) is 29.8 Å². The molecule has 0 bridgehead atoms. The maximum atomic E-state index is 4.56. The summed E-state index contributed by atoms with van der Waals surface area (Å²) in [4.78, 5) is 17.3. The summed E-state index contributed by atoms with van der Waals surface area (Å²) in [6.07, 6.45) is 11.1. The molecule has 1 heterocycles. The van der Waals surface area contributed by atoms with Gasteiger partial charge in [-0.1, -0.05) is 12.2 Å². The number of allylic oxidation sites excluding steroid dienone is 4. The van der Waals surface area contributed by atoms with Crippen molar-refractivity contribution in [1.82, 2.24) is 4.98 Å². The van der Waals surface area contributed by atoms with Crippen molar-refractivity contribution in [3.63, 3.8) is 0 Å². The average Bonchev–Trinajstić information content (AvgIpc) is 2.60. The van der Waals surface area contributed by atoms with Crippen LogP contribution in [0.5, 0.6) is 0 Å². The van der Waals surface area contributed by atoms with Crippen molar-refractivity contribution in [2.45, 2.75) is 34.6 Å². The molecule has 0 radical (unpaired) electrons. The van der Waals surface area contributed by atoms with Crippen LogP contribution in [0.1, 0.15) is 33.4 Å². The molecule has 1 N–H and O–H groups in total. The number of rotatable bonds is 6. The second kappa shape index (κ2) is 10.9. The number of aryl methyl sites for hydroxylation is 1. The molecule has 0 unspecified atom stereocenters. The topological polar surface area (TPSA) is 62.0 Å². The first-order valence-corrected chi connectivity index (χ1v) is 8.20. The largest absolute Gasteiger partial charge is 0.339 e. The van der Waals surface area contributed by atoms with E-state index < -0.39 is 0 Å². The van der Waals surface area contributed by atoms with E-state index >= 15 is 0 Å². The number of aliphatic imine (C=N–C) groups is 3. The van der Waals surface area contributed by atoms with Crippen LogP contribution in [0.3, 0.4) is 0 Å². The molecule has 0 spiro atoms. The van der Waals surface area contributed by atoms with Gasteiger partial charge >= 0.3 is 0 Å². The van der Waals surface area contributed by atoms with Crippen LogP contribution in [0.15, 0.2) is 69.0 Å². The van der Waals surface area contributed by atoms with Gasteiger partial charge in [0.25, 0.3) is 0 Å².